The molecule has 1 aliphatic rings. The summed E-state index contributed by atoms with van der Waals surface area (Å²) in [6.07, 6.45) is -17.5. The van der Waals surface area contributed by atoms with Crippen LogP contribution in [0.25, 0.3) is 0 Å². The normalized spacial score (nSPS) is 18.8. The number of nitrogens with zero attached hydrogens (tertiary/aromatic N) is 2. The van der Waals surface area contributed by atoms with Crippen LogP contribution in [0.15, 0.2) is 36.4 Å². The number of ether oxygens (including phenoxy) is 1. The van der Waals surface area contributed by atoms with E-state index < -0.39 is 65.6 Å². The predicted octanol–water partition coefficient (Wildman–Crippen LogP) is 8.06. The van der Waals surface area contributed by atoms with Gasteiger partial charge in [-0.15, -0.1) is 0 Å². The second-order valence-corrected chi connectivity index (χ2v) is 9.65. The maximum Gasteiger partial charge on any atom is 0.416 e. The van der Waals surface area contributed by atoms with Gasteiger partial charge in [0.05, 0.1) is 22.7 Å². The maximum atomic E-state index is 13.5. The molecule has 0 bridgehead atoms. The molecule has 2 aromatic rings. The lowest BCUT2D eigenvalue weighted by Gasteiger charge is -2.28. The molecule has 216 valence electrons. The lowest BCUT2D eigenvalue weighted by Crippen LogP contribution is -2.33. The Balaban J connectivity index is 2.01. The van der Waals surface area contributed by atoms with E-state index in [4.69, 9.17) is 4.74 Å². The molecule has 0 saturated carbocycles. The number of alkyl halides is 9. The second-order valence-electron chi connectivity index (χ2n) is 9.65. The summed E-state index contributed by atoms with van der Waals surface area (Å²) in [6.45, 7) is 7.48. The molecule has 1 fully saturated rings. The Morgan fingerprint density at radius 2 is 1.38 bits per heavy atom. The molecular weight excluding hydrogens is 543 g/mol. The third kappa shape index (κ3) is 6.98. The number of carbonyl (C=O) groups excluding carboxylic acids is 1. The third-order valence-electron chi connectivity index (χ3n) is 6.71. The Morgan fingerprint density at radius 3 is 1.85 bits per heavy atom. The van der Waals surface area contributed by atoms with Crippen LogP contribution in [-0.4, -0.2) is 34.5 Å². The van der Waals surface area contributed by atoms with E-state index in [1.165, 1.54) is 13.0 Å². The van der Waals surface area contributed by atoms with Crippen LogP contribution in [0.1, 0.15) is 67.2 Å². The van der Waals surface area contributed by atoms with Crippen molar-refractivity contribution in [2.45, 2.75) is 77.5 Å². The summed E-state index contributed by atoms with van der Waals surface area (Å²) in [5.74, 6) is 0. The Hall–Kier alpha value is -2.96. The highest BCUT2D eigenvalue weighted by atomic mass is 19.4. The zero-order chi connectivity index (χ0) is 29.5. The quantitative estimate of drug-likeness (QED) is 0.316. The second kappa shape index (κ2) is 10.9. The Kier molecular flexibility index (Phi) is 8.54. The molecule has 2 atom stereocenters. The minimum Gasteiger partial charge on any atom is -0.439 e. The van der Waals surface area contributed by atoms with Gasteiger partial charge in [-0.3, -0.25) is 9.80 Å². The summed E-state index contributed by atoms with van der Waals surface area (Å²) in [4.78, 5) is 15.7. The monoisotopic (exact) mass is 570 g/mol. The van der Waals surface area contributed by atoms with E-state index in [-0.39, 0.29) is 24.2 Å². The number of carbonyl (C=O) groups is 1. The Labute approximate surface area is 219 Å². The molecule has 39 heavy (non-hydrogen) atoms. The molecule has 0 N–H and O–H groups in total. The van der Waals surface area contributed by atoms with E-state index in [9.17, 15) is 44.3 Å². The summed E-state index contributed by atoms with van der Waals surface area (Å²) in [5.41, 5.74) is -4.00. The minimum absolute atomic E-state index is 0.0359. The predicted molar refractivity (Wildman–Crippen MR) is 123 cm³/mol. The first-order valence-corrected chi connectivity index (χ1v) is 12.0. The summed E-state index contributed by atoms with van der Waals surface area (Å²) in [7, 11) is 0. The lowest BCUT2D eigenvalue weighted by atomic mass is 9.96. The van der Waals surface area contributed by atoms with Crippen LogP contribution in [0.2, 0.25) is 0 Å². The van der Waals surface area contributed by atoms with Crippen molar-refractivity contribution >= 4 is 6.09 Å². The molecule has 1 saturated heterocycles. The standard InChI is InChI=1S/C26H27F9N2O2/c1-5-36(14(2)3)12-16-6-7-19(24(27,28)29)10-18(16)13-37-15(4)22(39-23(37)38)17-8-20(25(30,31)32)11-21(9-17)26(33,34)35/h6-11,14-15,22H,5,12-13H2,1-4H3. The molecule has 1 amide bonds. The summed E-state index contributed by atoms with van der Waals surface area (Å²) in [5, 5.41) is 0. The average Bonchev–Trinajstić information content (AvgIpc) is 3.09. The highest BCUT2D eigenvalue weighted by Gasteiger charge is 2.43. The van der Waals surface area contributed by atoms with Gasteiger partial charge < -0.3 is 4.74 Å². The molecule has 13 heteroatoms. The van der Waals surface area contributed by atoms with Crippen molar-refractivity contribution in [2.75, 3.05) is 6.54 Å². The number of benzene rings is 2. The van der Waals surface area contributed by atoms with Crippen molar-refractivity contribution in [3.05, 3.63) is 69.8 Å². The fraction of sp³-hybridized carbons (Fsp3) is 0.500. The van der Waals surface area contributed by atoms with Crippen molar-refractivity contribution in [2.24, 2.45) is 0 Å². The van der Waals surface area contributed by atoms with Gasteiger partial charge in [0.25, 0.3) is 0 Å². The van der Waals surface area contributed by atoms with Crippen LogP contribution >= 0.6 is 0 Å². The van der Waals surface area contributed by atoms with Crippen molar-refractivity contribution in [1.29, 1.82) is 0 Å². The van der Waals surface area contributed by atoms with Crippen LogP contribution in [0.5, 0.6) is 0 Å². The van der Waals surface area contributed by atoms with Gasteiger partial charge in [-0.05, 0) is 74.3 Å². The third-order valence-corrected chi connectivity index (χ3v) is 6.71. The molecular formula is C26H27F9N2O2. The highest BCUT2D eigenvalue weighted by molar-refractivity contribution is 5.71. The molecule has 2 aromatic carbocycles. The first-order valence-electron chi connectivity index (χ1n) is 12.0. The van der Waals surface area contributed by atoms with E-state index >= 15 is 0 Å². The average molecular weight is 570 g/mol. The van der Waals surface area contributed by atoms with Crippen LogP contribution in [0, 0.1) is 0 Å². The highest BCUT2D eigenvalue weighted by Crippen LogP contribution is 2.41. The Morgan fingerprint density at radius 1 is 0.846 bits per heavy atom. The molecule has 4 nitrogen and oxygen atoms in total. The summed E-state index contributed by atoms with van der Waals surface area (Å²) in [6, 6.07) is 2.99. The molecule has 0 radical (unpaired) electrons. The molecule has 0 aromatic heterocycles. The lowest BCUT2D eigenvalue weighted by molar-refractivity contribution is -0.143. The van der Waals surface area contributed by atoms with E-state index in [1.54, 1.807) is 0 Å². The van der Waals surface area contributed by atoms with E-state index in [2.05, 4.69) is 0 Å². The van der Waals surface area contributed by atoms with Gasteiger partial charge in [0.1, 0.15) is 6.10 Å². The first-order chi connectivity index (χ1) is 17.8. The Bertz CT molecular complexity index is 1160. The zero-order valence-corrected chi connectivity index (χ0v) is 21.4. The van der Waals surface area contributed by atoms with E-state index in [1.807, 2.05) is 25.7 Å². The molecule has 0 spiro atoms. The van der Waals surface area contributed by atoms with E-state index in [0.717, 1.165) is 17.0 Å². The van der Waals surface area contributed by atoms with E-state index in [0.29, 0.717) is 24.2 Å². The largest absolute Gasteiger partial charge is 0.439 e. The van der Waals surface area contributed by atoms with Crippen LogP contribution in [0.4, 0.5) is 44.3 Å². The van der Waals surface area contributed by atoms with Crippen molar-refractivity contribution in [1.82, 2.24) is 9.80 Å². The fourth-order valence-electron chi connectivity index (χ4n) is 4.47. The summed E-state index contributed by atoms with van der Waals surface area (Å²) < 4.78 is 126. The van der Waals surface area contributed by atoms with Gasteiger partial charge in [-0.25, -0.2) is 4.79 Å². The van der Waals surface area contributed by atoms with Gasteiger partial charge in [0.2, 0.25) is 0 Å². The van der Waals surface area contributed by atoms with Gasteiger partial charge in [0.15, 0.2) is 0 Å². The van der Waals surface area contributed by atoms with Crippen LogP contribution in [0.3, 0.4) is 0 Å². The van der Waals surface area contributed by atoms with Crippen molar-refractivity contribution < 1.29 is 49.0 Å². The zero-order valence-electron chi connectivity index (χ0n) is 21.4. The number of amides is 1. The van der Waals surface area contributed by atoms with Gasteiger partial charge in [0, 0.05) is 19.1 Å². The maximum absolute atomic E-state index is 13.5. The van der Waals surface area contributed by atoms with Crippen LogP contribution in [-0.2, 0) is 36.4 Å². The SMILES string of the molecule is CCN(Cc1ccc(C(F)(F)F)cc1CN1C(=O)OC(c2cc(C(F)(F)F)cc(C(F)(F)F)c2)C1C)C(C)C. The fourth-order valence-corrected chi connectivity index (χ4v) is 4.47. The van der Waals surface area contributed by atoms with Gasteiger partial charge in [-0.2, -0.15) is 39.5 Å². The topological polar surface area (TPSA) is 32.8 Å². The van der Waals surface area contributed by atoms with Crippen molar-refractivity contribution in [3.63, 3.8) is 0 Å². The van der Waals surface area contributed by atoms with Gasteiger partial charge in [-0.1, -0.05) is 13.0 Å². The smallest absolute Gasteiger partial charge is 0.416 e. The minimum atomic E-state index is -5.10. The molecule has 1 aliphatic heterocycles. The first kappa shape index (κ1) is 30.6. The number of halogens is 9. The van der Waals surface area contributed by atoms with Gasteiger partial charge >= 0.3 is 24.6 Å². The molecule has 1 heterocycles. The van der Waals surface area contributed by atoms with Crippen LogP contribution < -0.4 is 0 Å². The molecule has 0 aliphatic carbocycles. The number of rotatable bonds is 7. The number of hydrogen-bond acceptors (Lipinski definition) is 3. The summed E-state index contributed by atoms with van der Waals surface area (Å²) >= 11 is 0. The molecule has 2 unspecified atom stereocenters. The van der Waals surface area contributed by atoms with Crippen molar-refractivity contribution in [3.8, 4) is 0 Å². The number of hydrogen-bond donors (Lipinski definition) is 0. The number of cyclic esters (lactones) is 1. The molecule has 3 rings (SSSR count).